The quantitative estimate of drug-likeness (QED) is 0.836. The van der Waals surface area contributed by atoms with E-state index in [0.29, 0.717) is 29.8 Å². The third-order valence-corrected chi connectivity index (χ3v) is 2.46. The van der Waals surface area contributed by atoms with Crippen LogP contribution in [0.3, 0.4) is 0 Å². The van der Waals surface area contributed by atoms with Crippen LogP contribution in [-0.4, -0.2) is 16.6 Å². The van der Waals surface area contributed by atoms with Gasteiger partial charge in [-0.05, 0) is 37.1 Å². The minimum Gasteiger partial charge on any atom is -0.477 e. The van der Waals surface area contributed by atoms with E-state index in [9.17, 15) is 0 Å². The number of nitrogens with zero attached hydrogens (tertiary/aromatic N) is 2. The van der Waals surface area contributed by atoms with Crippen molar-refractivity contribution in [2.75, 3.05) is 12.3 Å². The Morgan fingerprint density at radius 3 is 2.74 bits per heavy atom. The van der Waals surface area contributed by atoms with Gasteiger partial charge < -0.3 is 15.2 Å². The molecule has 0 aliphatic rings. The van der Waals surface area contributed by atoms with E-state index in [1.165, 1.54) is 0 Å². The number of anilines is 1. The van der Waals surface area contributed by atoms with Crippen molar-refractivity contribution in [2.24, 2.45) is 0 Å². The Morgan fingerprint density at radius 2 is 2.00 bits per heavy atom. The van der Waals surface area contributed by atoms with Gasteiger partial charge in [0.15, 0.2) is 0 Å². The first-order chi connectivity index (χ1) is 9.19. The SMILES string of the molecule is CCCOc1cncc(Oc2ccc(N)cc2C)n1. The Bertz CT molecular complexity index is 558. The van der Waals surface area contributed by atoms with Gasteiger partial charge in [0.2, 0.25) is 11.8 Å². The van der Waals surface area contributed by atoms with E-state index in [1.807, 2.05) is 26.0 Å². The number of aryl methyl sites for hydroxylation is 1. The van der Waals surface area contributed by atoms with Crippen LogP contribution in [0.25, 0.3) is 0 Å². The maximum atomic E-state index is 5.70. The second-order valence-electron chi connectivity index (χ2n) is 4.17. The van der Waals surface area contributed by atoms with Crippen molar-refractivity contribution in [1.82, 2.24) is 9.97 Å². The zero-order valence-electron chi connectivity index (χ0n) is 11.1. The Balaban J connectivity index is 2.14. The van der Waals surface area contributed by atoms with E-state index in [2.05, 4.69) is 9.97 Å². The molecule has 2 rings (SSSR count). The van der Waals surface area contributed by atoms with Gasteiger partial charge in [-0.25, -0.2) is 0 Å². The highest BCUT2D eigenvalue weighted by atomic mass is 16.5. The van der Waals surface area contributed by atoms with Crippen LogP contribution in [0.15, 0.2) is 30.6 Å². The highest BCUT2D eigenvalue weighted by molar-refractivity contribution is 5.48. The van der Waals surface area contributed by atoms with Crippen molar-refractivity contribution in [3.63, 3.8) is 0 Å². The van der Waals surface area contributed by atoms with E-state index < -0.39 is 0 Å². The Kier molecular flexibility index (Phi) is 4.18. The first kappa shape index (κ1) is 13.1. The summed E-state index contributed by atoms with van der Waals surface area (Å²) in [5.74, 6) is 1.57. The number of nitrogen functional groups attached to an aromatic ring is 1. The molecule has 1 heterocycles. The molecule has 0 amide bonds. The average Bonchev–Trinajstić information content (AvgIpc) is 2.40. The molecule has 0 aliphatic carbocycles. The largest absolute Gasteiger partial charge is 0.477 e. The highest BCUT2D eigenvalue weighted by Gasteiger charge is 2.05. The zero-order valence-corrected chi connectivity index (χ0v) is 11.1. The fourth-order valence-corrected chi connectivity index (χ4v) is 1.56. The predicted octanol–water partition coefficient (Wildman–Crippen LogP) is 2.95. The molecule has 0 radical (unpaired) electrons. The fourth-order valence-electron chi connectivity index (χ4n) is 1.56. The number of ether oxygens (including phenoxy) is 2. The minimum absolute atomic E-state index is 0.404. The number of rotatable bonds is 5. The molecule has 2 aromatic rings. The lowest BCUT2D eigenvalue weighted by Gasteiger charge is -2.09. The molecule has 0 bridgehead atoms. The van der Waals surface area contributed by atoms with Crippen LogP contribution in [0, 0.1) is 6.92 Å². The van der Waals surface area contributed by atoms with Crippen molar-refractivity contribution in [1.29, 1.82) is 0 Å². The molecule has 0 atom stereocenters. The lowest BCUT2D eigenvalue weighted by Crippen LogP contribution is -1.99. The van der Waals surface area contributed by atoms with Crippen LogP contribution in [-0.2, 0) is 0 Å². The maximum Gasteiger partial charge on any atom is 0.241 e. The number of aromatic nitrogens is 2. The summed E-state index contributed by atoms with van der Waals surface area (Å²) < 4.78 is 11.1. The molecule has 1 aromatic carbocycles. The Hall–Kier alpha value is -2.30. The first-order valence-corrected chi connectivity index (χ1v) is 6.18. The lowest BCUT2D eigenvalue weighted by atomic mass is 10.2. The lowest BCUT2D eigenvalue weighted by molar-refractivity contribution is 0.299. The van der Waals surface area contributed by atoms with Crippen LogP contribution in [0.5, 0.6) is 17.5 Å². The Morgan fingerprint density at radius 1 is 1.21 bits per heavy atom. The summed E-state index contributed by atoms with van der Waals surface area (Å²) >= 11 is 0. The summed E-state index contributed by atoms with van der Waals surface area (Å²) in [4.78, 5) is 8.27. The molecular weight excluding hydrogens is 242 g/mol. The molecule has 0 aliphatic heterocycles. The normalized spacial score (nSPS) is 10.2. The summed E-state index contributed by atoms with van der Waals surface area (Å²) in [5.41, 5.74) is 7.35. The van der Waals surface area contributed by atoms with Gasteiger partial charge in [-0.1, -0.05) is 6.92 Å². The van der Waals surface area contributed by atoms with E-state index >= 15 is 0 Å². The summed E-state index contributed by atoms with van der Waals surface area (Å²) in [5, 5.41) is 0. The molecule has 0 spiro atoms. The fraction of sp³-hybridized carbons (Fsp3) is 0.286. The summed E-state index contributed by atoms with van der Waals surface area (Å²) in [6.07, 6.45) is 4.04. The van der Waals surface area contributed by atoms with Crippen LogP contribution >= 0.6 is 0 Å². The topological polar surface area (TPSA) is 70.3 Å². The first-order valence-electron chi connectivity index (χ1n) is 6.18. The van der Waals surface area contributed by atoms with Crippen LogP contribution in [0.1, 0.15) is 18.9 Å². The third-order valence-electron chi connectivity index (χ3n) is 2.46. The van der Waals surface area contributed by atoms with Crippen LogP contribution < -0.4 is 15.2 Å². The third kappa shape index (κ3) is 3.58. The van der Waals surface area contributed by atoms with Crippen LogP contribution in [0.4, 0.5) is 5.69 Å². The van der Waals surface area contributed by atoms with E-state index in [4.69, 9.17) is 15.2 Å². The zero-order chi connectivity index (χ0) is 13.7. The molecule has 0 saturated heterocycles. The van der Waals surface area contributed by atoms with Crippen molar-refractivity contribution in [3.05, 3.63) is 36.2 Å². The van der Waals surface area contributed by atoms with Gasteiger partial charge in [0, 0.05) is 5.69 Å². The molecule has 100 valence electrons. The highest BCUT2D eigenvalue weighted by Crippen LogP contribution is 2.25. The molecule has 0 unspecified atom stereocenters. The molecule has 1 aromatic heterocycles. The van der Waals surface area contributed by atoms with Crippen molar-refractivity contribution >= 4 is 5.69 Å². The molecule has 5 heteroatoms. The second-order valence-corrected chi connectivity index (χ2v) is 4.17. The van der Waals surface area contributed by atoms with Gasteiger partial charge in [-0.2, -0.15) is 4.98 Å². The average molecular weight is 259 g/mol. The number of nitrogens with two attached hydrogens (primary N) is 1. The predicted molar refractivity (Wildman–Crippen MR) is 73.5 cm³/mol. The van der Waals surface area contributed by atoms with E-state index in [0.717, 1.165) is 12.0 Å². The smallest absolute Gasteiger partial charge is 0.241 e. The maximum absolute atomic E-state index is 5.70. The summed E-state index contributed by atoms with van der Waals surface area (Å²) in [6.45, 7) is 4.57. The molecule has 2 N–H and O–H groups in total. The summed E-state index contributed by atoms with van der Waals surface area (Å²) in [6, 6.07) is 5.44. The summed E-state index contributed by atoms with van der Waals surface area (Å²) in [7, 11) is 0. The monoisotopic (exact) mass is 259 g/mol. The Labute approximate surface area is 112 Å². The number of hydrogen-bond donors (Lipinski definition) is 1. The minimum atomic E-state index is 0.404. The van der Waals surface area contributed by atoms with E-state index in [-0.39, 0.29) is 0 Å². The van der Waals surface area contributed by atoms with Gasteiger partial charge in [-0.15, -0.1) is 0 Å². The van der Waals surface area contributed by atoms with Crippen molar-refractivity contribution in [3.8, 4) is 17.5 Å². The number of benzene rings is 1. The number of hydrogen-bond acceptors (Lipinski definition) is 5. The standard InChI is InChI=1S/C14H17N3O2/c1-3-6-18-13-8-16-9-14(17-13)19-12-5-4-11(15)7-10(12)2/h4-5,7-9H,3,6,15H2,1-2H3. The van der Waals surface area contributed by atoms with Gasteiger partial charge in [0.25, 0.3) is 0 Å². The molecule has 0 saturated carbocycles. The van der Waals surface area contributed by atoms with Gasteiger partial charge >= 0.3 is 0 Å². The van der Waals surface area contributed by atoms with Gasteiger partial charge in [0.1, 0.15) is 5.75 Å². The molecular formula is C14H17N3O2. The van der Waals surface area contributed by atoms with E-state index in [1.54, 1.807) is 18.5 Å². The van der Waals surface area contributed by atoms with Gasteiger partial charge in [-0.3, -0.25) is 4.98 Å². The van der Waals surface area contributed by atoms with Gasteiger partial charge in [0.05, 0.1) is 19.0 Å². The molecule has 0 fully saturated rings. The molecule has 5 nitrogen and oxygen atoms in total. The van der Waals surface area contributed by atoms with Crippen molar-refractivity contribution in [2.45, 2.75) is 20.3 Å². The second kappa shape index (κ2) is 6.04. The van der Waals surface area contributed by atoms with Crippen LogP contribution in [0.2, 0.25) is 0 Å². The van der Waals surface area contributed by atoms with Crippen molar-refractivity contribution < 1.29 is 9.47 Å². The molecule has 19 heavy (non-hydrogen) atoms.